The molecule has 26 heavy (non-hydrogen) atoms. The molecule has 0 atom stereocenters. The van der Waals surface area contributed by atoms with Crippen molar-refractivity contribution in [1.82, 2.24) is 0 Å². The van der Waals surface area contributed by atoms with Crippen molar-refractivity contribution in [2.24, 2.45) is 17.8 Å². The van der Waals surface area contributed by atoms with Gasteiger partial charge in [0, 0.05) is 0 Å². The first kappa shape index (κ1) is 20.0. The van der Waals surface area contributed by atoms with Crippen LogP contribution < -0.4 is 0 Å². The van der Waals surface area contributed by atoms with Crippen LogP contribution in [0.2, 0.25) is 0 Å². The van der Waals surface area contributed by atoms with Crippen LogP contribution in [0.4, 0.5) is 0 Å². The lowest BCUT2D eigenvalue weighted by Gasteiger charge is -2.38. The first-order chi connectivity index (χ1) is 12.8. The second-order valence-corrected chi connectivity index (χ2v) is 9.38. The molecule has 2 fully saturated rings. The van der Waals surface area contributed by atoms with E-state index in [0.29, 0.717) is 0 Å². The molecule has 0 aliphatic heterocycles. The maximum absolute atomic E-state index is 2.44. The highest BCUT2D eigenvalue weighted by Gasteiger charge is 2.31. The van der Waals surface area contributed by atoms with E-state index < -0.39 is 0 Å². The van der Waals surface area contributed by atoms with E-state index >= 15 is 0 Å². The Morgan fingerprint density at radius 2 is 1.27 bits per heavy atom. The molecule has 2 aliphatic carbocycles. The van der Waals surface area contributed by atoms with Gasteiger partial charge in [-0.25, -0.2) is 0 Å². The summed E-state index contributed by atoms with van der Waals surface area (Å²) in [5, 5.41) is 0. The summed E-state index contributed by atoms with van der Waals surface area (Å²) in [6.45, 7) is 4.62. The zero-order chi connectivity index (χ0) is 18.2. The third kappa shape index (κ3) is 5.61. The van der Waals surface area contributed by atoms with Gasteiger partial charge in [0.05, 0.1) is 0 Å². The summed E-state index contributed by atoms with van der Waals surface area (Å²) in [4.78, 5) is 0. The second-order valence-electron chi connectivity index (χ2n) is 9.38. The van der Waals surface area contributed by atoms with E-state index in [2.05, 4.69) is 38.1 Å². The van der Waals surface area contributed by atoms with Gasteiger partial charge in [-0.05, 0) is 86.2 Å². The summed E-state index contributed by atoms with van der Waals surface area (Å²) in [5.74, 6) is 4.01. The molecule has 0 nitrogen and oxygen atoms in total. The third-order valence-corrected chi connectivity index (χ3v) is 7.57. The Bertz CT molecular complexity index is 483. The molecule has 0 spiro atoms. The van der Waals surface area contributed by atoms with E-state index in [0.717, 1.165) is 23.7 Å². The Labute approximate surface area is 163 Å². The summed E-state index contributed by atoms with van der Waals surface area (Å²) in [6.07, 6.45) is 20.2. The minimum atomic E-state index is 0.840. The molecule has 0 heterocycles. The third-order valence-electron chi connectivity index (χ3n) is 7.57. The lowest BCUT2D eigenvalue weighted by atomic mass is 9.68. The molecule has 1 aromatic carbocycles. The van der Waals surface area contributed by atoms with Gasteiger partial charge in [-0.1, -0.05) is 76.6 Å². The fourth-order valence-electron chi connectivity index (χ4n) is 5.70. The van der Waals surface area contributed by atoms with Gasteiger partial charge in [-0.3, -0.25) is 0 Å². The summed E-state index contributed by atoms with van der Waals surface area (Å²) in [7, 11) is 0. The van der Waals surface area contributed by atoms with Crippen LogP contribution in [0.15, 0.2) is 24.3 Å². The number of hydrogen-bond acceptors (Lipinski definition) is 0. The van der Waals surface area contributed by atoms with Crippen LogP contribution >= 0.6 is 0 Å². The summed E-state index contributed by atoms with van der Waals surface area (Å²) >= 11 is 0. The van der Waals surface area contributed by atoms with Crippen LogP contribution in [-0.4, -0.2) is 0 Å². The highest BCUT2D eigenvalue weighted by molar-refractivity contribution is 5.26. The Morgan fingerprint density at radius 1 is 0.692 bits per heavy atom. The molecule has 1 aromatic rings. The van der Waals surface area contributed by atoms with Gasteiger partial charge in [0.25, 0.3) is 0 Å². The Balaban J connectivity index is 1.41. The van der Waals surface area contributed by atoms with Gasteiger partial charge in [0.1, 0.15) is 0 Å². The molecule has 0 aromatic heterocycles. The first-order valence-corrected chi connectivity index (χ1v) is 11.9. The minimum Gasteiger partial charge on any atom is -0.0654 e. The zero-order valence-corrected chi connectivity index (χ0v) is 17.5. The van der Waals surface area contributed by atoms with Crippen LogP contribution in [0.25, 0.3) is 0 Å². The maximum atomic E-state index is 2.44. The van der Waals surface area contributed by atoms with Gasteiger partial charge in [0.15, 0.2) is 0 Å². The average molecular weight is 355 g/mol. The van der Waals surface area contributed by atoms with E-state index in [1.165, 1.54) is 95.5 Å². The van der Waals surface area contributed by atoms with Crippen molar-refractivity contribution in [2.75, 3.05) is 0 Å². The van der Waals surface area contributed by atoms with E-state index in [1.54, 1.807) is 5.56 Å². The standard InChI is InChI=1S/C26H42/c1-3-5-7-21-9-13-23(14-10-21)25-17-19-26(20-18-25)24-15-11-22(12-16-24)8-6-4-2/h9-10,13-14,22,24-26H,3-8,11-12,15-20H2,1-2H3. The fraction of sp³-hybridized carbons (Fsp3) is 0.769. The normalized spacial score (nSPS) is 29.6. The number of unbranched alkanes of at least 4 members (excludes halogenated alkanes) is 2. The zero-order valence-electron chi connectivity index (χ0n) is 17.5. The van der Waals surface area contributed by atoms with E-state index in [9.17, 15) is 0 Å². The first-order valence-electron chi connectivity index (χ1n) is 11.9. The highest BCUT2D eigenvalue weighted by atomic mass is 14.4. The predicted molar refractivity (Wildman–Crippen MR) is 115 cm³/mol. The van der Waals surface area contributed by atoms with Crippen LogP contribution in [0, 0.1) is 17.8 Å². The molecule has 3 rings (SSSR count). The molecule has 0 radical (unpaired) electrons. The summed E-state index contributed by atoms with van der Waals surface area (Å²) in [6, 6.07) is 9.67. The maximum Gasteiger partial charge on any atom is -0.0162 e. The molecule has 0 amide bonds. The molecule has 0 unspecified atom stereocenters. The summed E-state index contributed by atoms with van der Waals surface area (Å²) < 4.78 is 0. The van der Waals surface area contributed by atoms with Crippen molar-refractivity contribution in [3.8, 4) is 0 Å². The van der Waals surface area contributed by atoms with Gasteiger partial charge in [-0.15, -0.1) is 0 Å². The molecular weight excluding hydrogens is 312 g/mol. The van der Waals surface area contributed by atoms with Crippen LogP contribution in [0.5, 0.6) is 0 Å². The van der Waals surface area contributed by atoms with Crippen molar-refractivity contribution < 1.29 is 0 Å². The van der Waals surface area contributed by atoms with Gasteiger partial charge in [-0.2, -0.15) is 0 Å². The van der Waals surface area contributed by atoms with Crippen LogP contribution in [-0.2, 0) is 6.42 Å². The second kappa shape index (κ2) is 10.5. The highest BCUT2D eigenvalue weighted by Crippen LogP contribution is 2.44. The SMILES string of the molecule is CCCCc1ccc(C2CCC(C3CCC(CCCC)CC3)CC2)cc1. The fourth-order valence-corrected chi connectivity index (χ4v) is 5.70. The number of rotatable bonds is 8. The number of hydrogen-bond donors (Lipinski definition) is 0. The molecule has 2 aliphatic rings. The molecule has 0 heteroatoms. The minimum absolute atomic E-state index is 0.840. The van der Waals surface area contributed by atoms with Crippen molar-refractivity contribution in [3.05, 3.63) is 35.4 Å². The summed E-state index contributed by atoms with van der Waals surface area (Å²) in [5.41, 5.74) is 3.15. The van der Waals surface area contributed by atoms with E-state index in [-0.39, 0.29) is 0 Å². The quantitative estimate of drug-likeness (QED) is 0.440. The molecule has 2 saturated carbocycles. The van der Waals surface area contributed by atoms with Crippen molar-refractivity contribution in [2.45, 2.75) is 110 Å². The molecule has 146 valence electrons. The van der Waals surface area contributed by atoms with Crippen molar-refractivity contribution in [3.63, 3.8) is 0 Å². The predicted octanol–water partition coefficient (Wildman–Crippen LogP) is 8.30. The molecule has 0 saturated heterocycles. The molecular formula is C26H42. The Morgan fingerprint density at radius 3 is 1.85 bits per heavy atom. The Hall–Kier alpha value is -0.780. The molecule has 0 bridgehead atoms. The average Bonchev–Trinajstić information content (AvgIpc) is 2.72. The van der Waals surface area contributed by atoms with Crippen LogP contribution in [0.1, 0.15) is 114 Å². The number of benzene rings is 1. The van der Waals surface area contributed by atoms with Gasteiger partial charge >= 0.3 is 0 Å². The number of aryl methyl sites for hydroxylation is 1. The monoisotopic (exact) mass is 354 g/mol. The van der Waals surface area contributed by atoms with E-state index in [4.69, 9.17) is 0 Å². The Kier molecular flexibility index (Phi) is 8.08. The van der Waals surface area contributed by atoms with Gasteiger partial charge in [0.2, 0.25) is 0 Å². The molecule has 0 N–H and O–H groups in total. The van der Waals surface area contributed by atoms with E-state index in [1.807, 2.05) is 0 Å². The lowest BCUT2D eigenvalue weighted by Crippen LogP contribution is -2.25. The largest absolute Gasteiger partial charge is 0.0654 e. The lowest BCUT2D eigenvalue weighted by molar-refractivity contribution is 0.156. The van der Waals surface area contributed by atoms with Crippen LogP contribution in [0.3, 0.4) is 0 Å². The van der Waals surface area contributed by atoms with Crippen molar-refractivity contribution in [1.29, 1.82) is 0 Å². The smallest absolute Gasteiger partial charge is 0.0162 e. The van der Waals surface area contributed by atoms with Gasteiger partial charge < -0.3 is 0 Å². The topological polar surface area (TPSA) is 0 Å². The van der Waals surface area contributed by atoms with Crippen molar-refractivity contribution >= 4 is 0 Å².